The van der Waals surface area contributed by atoms with Crippen LogP contribution in [0.2, 0.25) is 0 Å². The first-order valence-corrected chi connectivity index (χ1v) is 13.2. The molecule has 0 amide bonds. The van der Waals surface area contributed by atoms with Crippen molar-refractivity contribution in [2.75, 3.05) is 38.0 Å². The van der Waals surface area contributed by atoms with E-state index in [4.69, 9.17) is 0 Å². The van der Waals surface area contributed by atoms with Gasteiger partial charge >= 0.3 is 11.9 Å². The number of thiazole rings is 2. The molecule has 0 saturated carbocycles. The molecule has 0 bridgehead atoms. The van der Waals surface area contributed by atoms with Crippen LogP contribution < -0.4 is 9.80 Å². The average molecular weight is 547 g/mol. The summed E-state index contributed by atoms with van der Waals surface area (Å²) >= 11 is 2.52. The fourth-order valence-corrected chi connectivity index (χ4v) is 5.24. The van der Waals surface area contributed by atoms with Gasteiger partial charge in [0.15, 0.2) is 10.0 Å². The van der Waals surface area contributed by atoms with Gasteiger partial charge in [-0.05, 0) is 47.5 Å². The molecule has 4 aromatic rings. The van der Waals surface area contributed by atoms with Crippen molar-refractivity contribution in [1.29, 1.82) is 0 Å². The van der Waals surface area contributed by atoms with Crippen LogP contribution in [0.4, 0.5) is 11.4 Å². The van der Waals surface area contributed by atoms with Crippen LogP contribution in [-0.2, 0) is 9.59 Å². The lowest BCUT2D eigenvalue weighted by molar-refractivity contribution is -0.131. The van der Waals surface area contributed by atoms with Crippen molar-refractivity contribution in [3.8, 4) is 10.0 Å². The first kappa shape index (κ1) is 26.8. The van der Waals surface area contributed by atoms with E-state index >= 15 is 0 Å². The Morgan fingerprint density at radius 3 is 1.29 bits per heavy atom. The van der Waals surface area contributed by atoms with Gasteiger partial charge in [0.25, 0.3) is 0 Å². The van der Waals surface area contributed by atoms with Gasteiger partial charge in [-0.1, -0.05) is 24.3 Å². The van der Waals surface area contributed by atoms with Crippen LogP contribution in [0.1, 0.15) is 22.5 Å². The predicted molar refractivity (Wildman–Crippen MR) is 156 cm³/mol. The van der Waals surface area contributed by atoms with E-state index in [0.717, 1.165) is 22.5 Å². The monoisotopic (exact) mass is 546 g/mol. The number of anilines is 2. The standard InChI is InChI=1S/C28H26N4O4S2/c1-31(2)19-9-5-17(6-10-19)13-21(27(33)34)23-15-37-25(29-23)26-30-24(16-38-26)22(28(35)36)14-18-7-11-20(12-8-18)32(3)4/h5-16H,1-4H3,(H,33,34)(H,35,36)/b21-13-,22-14-. The van der Waals surface area contributed by atoms with Crippen molar-refractivity contribution < 1.29 is 19.8 Å². The van der Waals surface area contributed by atoms with Crippen molar-refractivity contribution >= 4 is 69.3 Å². The fraction of sp³-hybridized carbons (Fsp3) is 0.143. The zero-order chi connectivity index (χ0) is 27.4. The van der Waals surface area contributed by atoms with E-state index in [2.05, 4.69) is 9.97 Å². The molecule has 0 aliphatic heterocycles. The summed E-state index contributed by atoms with van der Waals surface area (Å²) in [6.45, 7) is 0. The lowest BCUT2D eigenvalue weighted by Gasteiger charge is -2.12. The molecule has 2 aromatic carbocycles. The molecule has 38 heavy (non-hydrogen) atoms. The SMILES string of the molecule is CN(C)c1ccc(/C=C(\C(=O)O)c2csc(-c3nc(/C(=C/c4ccc(N(C)C)cc4)C(=O)O)cs3)n2)cc1. The van der Waals surface area contributed by atoms with Crippen LogP contribution in [0.3, 0.4) is 0 Å². The molecule has 2 N–H and O–H groups in total. The smallest absolute Gasteiger partial charge is 0.337 e. The highest BCUT2D eigenvalue weighted by molar-refractivity contribution is 7.19. The summed E-state index contributed by atoms with van der Waals surface area (Å²) in [5, 5.41) is 24.1. The number of nitrogens with zero attached hydrogens (tertiary/aromatic N) is 4. The van der Waals surface area contributed by atoms with Crippen LogP contribution in [-0.4, -0.2) is 60.3 Å². The van der Waals surface area contributed by atoms with E-state index in [0.29, 0.717) is 21.4 Å². The third kappa shape index (κ3) is 6.16. The van der Waals surface area contributed by atoms with E-state index < -0.39 is 11.9 Å². The molecule has 0 aliphatic carbocycles. The van der Waals surface area contributed by atoms with Crippen molar-refractivity contribution in [2.45, 2.75) is 0 Å². The van der Waals surface area contributed by atoms with E-state index in [1.54, 1.807) is 22.9 Å². The molecule has 0 fully saturated rings. The largest absolute Gasteiger partial charge is 0.478 e. The van der Waals surface area contributed by atoms with Gasteiger partial charge in [0, 0.05) is 50.3 Å². The minimum absolute atomic E-state index is 0.0641. The molecule has 4 rings (SSSR count). The molecule has 2 aromatic heterocycles. The Hall–Kier alpha value is -4.28. The van der Waals surface area contributed by atoms with Gasteiger partial charge in [0.1, 0.15) is 0 Å². The molecule has 8 nitrogen and oxygen atoms in total. The van der Waals surface area contributed by atoms with Crippen LogP contribution >= 0.6 is 22.7 Å². The molecular formula is C28H26N4O4S2. The van der Waals surface area contributed by atoms with Crippen molar-refractivity contribution in [1.82, 2.24) is 9.97 Å². The number of carboxylic acids is 2. The Labute approximate surface area is 228 Å². The first-order chi connectivity index (χ1) is 18.1. The molecule has 10 heteroatoms. The summed E-state index contributed by atoms with van der Waals surface area (Å²) in [6.07, 6.45) is 3.17. The van der Waals surface area contributed by atoms with Crippen LogP contribution in [0.25, 0.3) is 33.3 Å². The van der Waals surface area contributed by atoms with E-state index in [1.807, 2.05) is 86.5 Å². The zero-order valence-electron chi connectivity index (χ0n) is 21.2. The molecule has 0 unspecified atom stereocenters. The molecule has 0 aliphatic rings. The lowest BCUT2D eigenvalue weighted by atomic mass is 10.1. The van der Waals surface area contributed by atoms with Gasteiger partial charge in [0.05, 0.1) is 22.5 Å². The highest BCUT2D eigenvalue weighted by atomic mass is 32.1. The van der Waals surface area contributed by atoms with Crippen molar-refractivity contribution in [3.63, 3.8) is 0 Å². The van der Waals surface area contributed by atoms with Crippen molar-refractivity contribution in [3.05, 3.63) is 81.8 Å². The van der Waals surface area contributed by atoms with Gasteiger partial charge in [-0.2, -0.15) is 0 Å². The fourth-order valence-electron chi connectivity index (χ4n) is 3.55. The minimum Gasteiger partial charge on any atom is -0.478 e. The van der Waals surface area contributed by atoms with E-state index in [1.165, 1.54) is 22.7 Å². The van der Waals surface area contributed by atoms with Crippen molar-refractivity contribution in [2.24, 2.45) is 0 Å². The molecule has 0 spiro atoms. The topological polar surface area (TPSA) is 107 Å². The van der Waals surface area contributed by atoms with Crippen LogP contribution in [0.15, 0.2) is 59.3 Å². The maximum Gasteiger partial charge on any atom is 0.337 e. The molecule has 2 heterocycles. The number of aromatic nitrogens is 2. The highest BCUT2D eigenvalue weighted by Crippen LogP contribution is 2.32. The Balaban J connectivity index is 1.61. The van der Waals surface area contributed by atoms with Gasteiger partial charge in [-0.25, -0.2) is 19.6 Å². The summed E-state index contributed by atoms with van der Waals surface area (Å²) < 4.78 is 0. The zero-order valence-corrected chi connectivity index (χ0v) is 22.9. The highest BCUT2D eigenvalue weighted by Gasteiger charge is 2.19. The molecule has 0 atom stereocenters. The molecule has 0 radical (unpaired) electrons. The summed E-state index contributed by atoms with van der Waals surface area (Å²) in [6, 6.07) is 15.1. The van der Waals surface area contributed by atoms with E-state index in [9.17, 15) is 19.8 Å². The minimum atomic E-state index is -1.09. The summed E-state index contributed by atoms with van der Waals surface area (Å²) in [4.78, 5) is 37.0. The number of carbonyl (C=O) groups is 2. The van der Waals surface area contributed by atoms with Gasteiger partial charge < -0.3 is 20.0 Å². The average Bonchev–Trinajstić information content (AvgIpc) is 3.56. The third-order valence-corrected chi connectivity index (χ3v) is 7.47. The lowest BCUT2D eigenvalue weighted by Crippen LogP contribution is -2.08. The Morgan fingerprint density at radius 1 is 0.658 bits per heavy atom. The maximum absolute atomic E-state index is 12.0. The molecule has 0 saturated heterocycles. The normalized spacial score (nSPS) is 11.9. The second-order valence-corrected chi connectivity index (χ2v) is 10.5. The van der Waals surface area contributed by atoms with Gasteiger partial charge in [-0.3, -0.25) is 0 Å². The quantitative estimate of drug-likeness (QED) is 0.260. The number of aliphatic carboxylic acids is 2. The Bertz CT molecular complexity index is 1400. The molecule has 194 valence electrons. The van der Waals surface area contributed by atoms with E-state index in [-0.39, 0.29) is 11.1 Å². The first-order valence-electron chi connectivity index (χ1n) is 11.5. The Morgan fingerprint density at radius 2 is 1.00 bits per heavy atom. The predicted octanol–water partition coefficient (Wildman–Crippen LogP) is 5.65. The summed E-state index contributed by atoms with van der Waals surface area (Å²) in [5.41, 5.74) is 4.28. The maximum atomic E-state index is 12.0. The Kier molecular flexibility index (Phi) is 8.04. The summed E-state index contributed by atoms with van der Waals surface area (Å²) in [7, 11) is 7.75. The number of rotatable bonds is 9. The third-order valence-electron chi connectivity index (χ3n) is 5.65. The van der Waals surface area contributed by atoms with Crippen LogP contribution in [0, 0.1) is 0 Å². The van der Waals surface area contributed by atoms with Gasteiger partial charge in [-0.15, -0.1) is 22.7 Å². The second-order valence-electron chi connectivity index (χ2n) is 8.77. The van der Waals surface area contributed by atoms with Crippen LogP contribution in [0.5, 0.6) is 0 Å². The number of hydrogen-bond donors (Lipinski definition) is 2. The molecular weight excluding hydrogens is 520 g/mol. The number of benzene rings is 2. The summed E-state index contributed by atoms with van der Waals surface area (Å²) in [5.74, 6) is -2.18. The van der Waals surface area contributed by atoms with Gasteiger partial charge in [0.2, 0.25) is 0 Å². The number of hydrogen-bond acceptors (Lipinski definition) is 8. The second kappa shape index (κ2) is 11.4. The number of carboxylic acid groups (broad SMARTS) is 2.